The van der Waals surface area contributed by atoms with Gasteiger partial charge in [0.2, 0.25) is 11.9 Å². The van der Waals surface area contributed by atoms with Gasteiger partial charge in [0, 0.05) is 36.1 Å². The Bertz CT molecular complexity index is 1250. The van der Waals surface area contributed by atoms with E-state index in [9.17, 15) is 14.3 Å². The molecule has 0 unspecified atom stereocenters. The second kappa shape index (κ2) is 8.47. The molecule has 4 rings (SSSR count). The van der Waals surface area contributed by atoms with Crippen LogP contribution in [0.5, 0.6) is 5.75 Å². The number of nitrogen functional groups attached to an aromatic ring is 1. The molecule has 0 spiro atoms. The molecule has 1 aliphatic rings. The summed E-state index contributed by atoms with van der Waals surface area (Å²) in [6, 6.07) is 4.71. The highest BCUT2D eigenvalue weighted by Gasteiger charge is 2.34. The zero-order valence-electron chi connectivity index (χ0n) is 18.0. The number of carbonyl (C=O) groups excluding carboxylic acids is 1. The predicted molar refractivity (Wildman–Crippen MR) is 124 cm³/mol. The summed E-state index contributed by atoms with van der Waals surface area (Å²) in [7, 11) is 0. The van der Waals surface area contributed by atoms with E-state index in [1.807, 2.05) is 18.7 Å². The van der Waals surface area contributed by atoms with Crippen LogP contribution >= 0.6 is 11.6 Å². The molecule has 0 radical (unpaired) electrons. The number of aromatic nitrogens is 2. The summed E-state index contributed by atoms with van der Waals surface area (Å²) in [6.45, 7) is 8.16. The molecular weight excluding hydrogens is 452 g/mol. The molecule has 0 bridgehead atoms. The Hall–Kier alpha value is -3.46. The van der Waals surface area contributed by atoms with Crippen LogP contribution in [0.2, 0.25) is 5.02 Å². The number of halogens is 3. The highest BCUT2D eigenvalue weighted by atomic mass is 35.5. The molecule has 33 heavy (non-hydrogen) atoms. The molecule has 3 aromatic rings. The smallest absolute Gasteiger partial charge is 0.246 e. The normalized spacial score (nSPS) is 18.6. The maximum absolute atomic E-state index is 15.7. The number of fused-ring (bicyclic) bond motifs is 1. The molecule has 2 atom stereocenters. The van der Waals surface area contributed by atoms with Crippen molar-refractivity contribution in [3.63, 3.8) is 0 Å². The SMILES string of the molecule is C=CC(=O)N1C[C@@H](C)N(c2nc(N)nc3c(F)c(-c4c(O)cccc4F)c(Cl)cc23)[C@@H](C)C1. The molecule has 0 aliphatic carbocycles. The number of benzene rings is 2. The number of amides is 1. The maximum atomic E-state index is 15.7. The number of carbonyl (C=O) groups is 1. The third-order valence-corrected chi connectivity index (χ3v) is 6.07. The second-order valence-electron chi connectivity index (χ2n) is 8.04. The summed E-state index contributed by atoms with van der Waals surface area (Å²) in [5, 5.41) is 10.3. The first kappa shape index (κ1) is 22.7. The van der Waals surface area contributed by atoms with Crippen LogP contribution in [0, 0.1) is 11.6 Å². The Kier molecular flexibility index (Phi) is 5.84. The zero-order chi connectivity index (χ0) is 24.0. The van der Waals surface area contributed by atoms with Gasteiger partial charge < -0.3 is 20.6 Å². The van der Waals surface area contributed by atoms with Crippen LogP contribution in [0.15, 0.2) is 36.9 Å². The van der Waals surface area contributed by atoms with Crippen LogP contribution in [0.3, 0.4) is 0 Å². The van der Waals surface area contributed by atoms with E-state index in [2.05, 4.69) is 16.5 Å². The van der Waals surface area contributed by atoms with Gasteiger partial charge in [-0.25, -0.2) is 13.8 Å². The first-order valence-corrected chi connectivity index (χ1v) is 10.6. The van der Waals surface area contributed by atoms with Crippen molar-refractivity contribution in [3.05, 3.63) is 53.6 Å². The van der Waals surface area contributed by atoms with Gasteiger partial charge in [0.05, 0.1) is 10.6 Å². The summed E-state index contributed by atoms with van der Waals surface area (Å²) in [5.41, 5.74) is 5.10. The summed E-state index contributed by atoms with van der Waals surface area (Å²) >= 11 is 6.41. The lowest BCUT2D eigenvalue weighted by Gasteiger charge is -2.45. The average Bonchev–Trinajstić information content (AvgIpc) is 2.75. The van der Waals surface area contributed by atoms with Crippen LogP contribution in [-0.2, 0) is 4.79 Å². The van der Waals surface area contributed by atoms with Gasteiger partial charge in [0.25, 0.3) is 0 Å². The van der Waals surface area contributed by atoms with Gasteiger partial charge >= 0.3 is 0 Å². The minimum absolute atomic E-state index is 0.115. The Balaban J connectivity index is 1.91. The van der Waals surface area contributed by atoms with Crippen LogP contribution in [-0.4, -0.2) is 51.1 Å². The molecule has 1 aromatic heterocycles. The number of piperazine rings is 1. The highest BCUT2D eigenvalue weighted by molar-refractivity contribution is 6.34. The third kappa shape index (κ3) is 3.82. The van der Waals surface area contributed by atoms with Gasteiger partial charge in [-0.1, -0.05) is 24.2 Å². The molecule has 2 heterocycles. The van der Waals surface area contributed by atoms with Gasteiger partial charge in [-0.15, -0.1) is 0 Å². The zero-order valence-corrected chi connectivity index (χ0v) is 18.8. The standard InChI is InChI=1S/C23H22ClF2N5O2/c1-4-17(33)30-9-11(2)31(12(3)10-30)22-13-8-14(24)18(19-15(25)6-5-7-16(19)32)20(26)21(13)28-23(27)29-22/h4-8,11-12,32H,1,9-10H2,2-3H3,(H2,27,28,29)/t11-,12+. The van der Waals surface area contributed by atoms with Crippen LogP contribution < -0.4 is 10.6 Å². The number of phenolic OH excluding ortho intramolecular Hbond substituents is 1. The molecule has 7 nitrogen and oxygen atoms in total. The molecule has 3 N–H and O–H groups in total. The van der Waals surface area contributed by atoms with E-state index in [1.165, 1.54) is 24.3 Å². The number of hydrogen-bond donors (Lipinski definition) is 2. The van der Waals surface area contributed by atoms with Crippen molar-refractivity contribution in [2.75, 3.05) is 23.7 Å². The largest absolute Gasteiger partial charge is 0.507 e. The van der Waals surface area contributed by atoms with Gasteiger partial charge in [0.15, 0.2) is 5.82 Å². The third-order valence-electron chi connectivity index (χ3n) is 5.77. The van der Waals surface area contributed by atoms with E-state index in [0.717, 1.165) is 6.07 Å². The van der Waals surface area contributed by atoms with Gasteiger partial charge in [-0.2, -0.15) is 4.98 Å². The number of hydrogen-bond acceptors (Lipinski definition) is 6. The fourth-order valence-electron chi connectivity index (χ4n) is 4.43. The van der Waals surface area contributed by atoms with Crippen molar-refractivity contribution in [1.29, 1.82) is 0 Å². The van der Waals surface area contributed by atoms with Crippen LogP contribution in [0.1, 0.15) is 13.8 Å². The number of phenols is 1. The molecule has 10 heteroatoms. The van der Waals surface area contributed by atoms with Crippen molar-refractivity contribution in [3.8, 4) is 16.9 Å². The lowest BCUT2D eigenvalue weighted by Crippen LogP contribution is -2.58. The summed E-state index contributed by atoms with van der Waals surface area (Å²) in [5.74, 6) is -2.21. The minimum Gasteiger partial charge on any atom is -0.507 e. The molecular formula is C23H22ClF2N5O2. The Morgan fingerprint density at radius 3 is 2.52 bits per heavy atom. The number of aromatic hydroxyl groups is 1. The maximum Gasteiger partial charge on any atom is 0.246 e. The topological polar surface area (TPSA) is 95.6 Å². The lowest BCUT2D eigenvalue weighted by atomic mass is 10.00. The van der Waals surface area contributed by atoms with Crippen LogP contribution in [0.4, 0.5) is 20.5 Å². The van der Waals surface area contributed by atoms with E-state index < -0.39 is 17.4 Å². The molecule has 172 valence electrons. The lowest BCUT2D eigenvalue weighted by molar-refractivity contribution is -0.127. The Morgan fingerprint density at radius 1 is 1.24 bits per heavy atom. The fourth-order valence-corrected chi connectivity index (χ4v) is 4.72. The quantitative estimate of drug-likeness (QED) is 0.555. The fraction of sp³-hybridized carbons (Fsp3) is 0.261. The number of nitrogens with two attached hydrogens (primary N) is 1. The molecule has 2 aromatic carbocycles. The van der Waals surface area contributed by atoms with E-state index in [0.29, 0.717) is 18.9 Å². The van der Waals surface area contributed by atoms with E-state index >= 15 is 4.39 Å². The number of rotatable bonds is 3. The molecule has 1 aliphatic heterocycles. The summed E-state index contributed by atoms with van der Waals surface area (Å²) in [6.07, 6.45) is 1.27. The van der Waals surface area contributed by atoms with Gasteiger partial charge in [-0.05, 0) is 38.1 Å². The first-order valence-electron chi connectivity index (χ1n) is 10.3. The van der Waals surface area contributed by atoms with Gasteiger partial charge in [-0.3, -0.25) is 4.79 Å². The predicted octanol–water partition coefficient (Wildman–Crippen LogP) is 4.13. The second-order valence-corrected chi connectivity index (χ2v) is 8.44. The van der Waals surface area contributed by atoms with Crippen LogP contribution in [0.25, 0.3) is 22.0 Å². The van der Waals surface area contributed by atoms with Crippen molar-refractivity contribution in [2.45, 2.75) is 25.9 Å². The van der Waals surface area contributed by atoms with E-state index in [-0.39, 0.29) is 51.0 Å². The minimum atomic E-state index is -0.922. The van der Waals surface area contributed by atoms with Gasteiger partial charge in [0.1, 0.15) is 22.9 Å². The molecule has 1 amide bonds. The van der Waals surface area contributed by atoms with Crippen molar-refractivity contribution < 1.29 is 18.7 Å². The molecule has 0 saturated carbocycles. The Morgan fingerprint density at radius 2 is 1.91 bits per heavy atom. The molecule has 1 fully saturated rings. The number of nitrogens with zero attached hydrogens (tertiary/aromatic N) is 4. The monoisotopic (exact) mass is 473 g/mol. The first-order chi connectivity index (χ1) is 15.6. The highest BCUT2D eigenvalue weighted by Crippen LogP contribution is 2.43. The summed E-state index contributed by atoms with van der Waals surface area (Å²) in [4.78, 5) is 24.1. The van der Waals surface area contributed by atoms with Crippen molar-refractivity contribution in [1.82, 2.24) is 14.9 Å². The van der Waals surface area contributed by atoms with E-state index in [1.54, 1.807) is 4.90 Å². The van der Waals surface area contributed by atoms with E-state index in [4.69, 9.17) is 17.3 Å². The Labute approximate surface area is 194 Å². The summed E-state index contributed by atoms with van der Waals surface area (Å²) < 4.78 is 30.2. The van der Waals surface area contributed by atoms with Crippen molar-refractivity contribution in [2.24, 2.45) is 0 Å². The average molecular weight is 474 g/mol. The molecule has 1 saturated heterocycles. The number of anilines is 2. The van der Waals surface area contributed by atoms with Crippen molar-refractivity contribution >= 4 is 40.2 Å².